The quantitative estimate of drug-likeness (QED) is 0.735. The van der Waals surface area contributed by atoms with Crippen LogP contribution in [0.3, 0.4) is 0 Å². The van der Waals surface area contributed by atoms with Crippen molar-refractivity contribution >= 4 is 11.7 Å². The highest BCUT2D eigenvalue weighted by Gasteiger charge is 2.58. The molecule has 2 aromatic rings. The molecule has 1 aliphatic heterocycles. The molecule has 1 saturated carbocycles. The van der Waals surface area contributed by atoms with Gasteiger partial charge in [0.1, 0.15) is 17.4 Å². The third kappa shape index (κ3) is 4.86. The molecule has 1 saturated heterocycles. The monoisotopic (exact) mass is 424 g/mol. The first-order valence-electron chi connectivity index (χ1n) is 9.58. The highest BCUT2D eigenvalue weighted by atomic mass is 19.4. The molecule has 0 aromatic carbocycles. The fourth-order valence-corrected chi connectivity index (χ4v) is 3.95. The lowest BCUT2D eigenvalue weighted by Gasteiger charge is -2.33. The molecular weight excluding hydrogens is 404 g/mol. The third-order valence-corrected chi connectivity index (χ3v) is 5.67. The second-order valence-electron chi connectivity index (χ2n) is 7.80. The lowest BCUT2D eigenvalue weighted by atomic mass is 9.90. The number of piperidine rings is 1. The van der Waals surface area contributed by atoms with Gasteiger partial charge in [0.05, 0.1) is 18.9 Å². The zero-order chi connectivity index (χ0) is 21.4. The van der Waals surface area contributed by atoms with Crippen LogP contribution in [0.5, 0.6) is 11.6 Å². The number of likely N-dealkylation sites (tertiary alicyclic amines) is 1. The van der Waals surface area contributed by atoms with Gasteiger partial charge in [-0.15, -0.1) is 0 Å². The normalized spacial score (nSPS) is 20.7. The van der Waals surface area contributed by atoms with E-state index in [2.05, 4.69) is 15.3 Å². The molecule has 0 radical (unpaired) electrons. The van der Waals surface area contributed by atoms with Crippen molar-refractivity contribution in [1.29, 1.82) is 0 Å². The minimum Gasteiger partial charge on any atom is -0.437 e. The molecule has 30 heavy (non-hydrogen) atoms. The first kappa shape index (κ1) is 20.5. The number of aromatic nitrogens is 2. The molecule has 1 amide bonds. The summed E-state index contributed by atoms with van der Waals surface area (Å²) in [6.07, 6.45) is 0.128. The number of nitrogens with one attached hydrogen (secondary N) is 1. The Morgan fingerprint density at radius 3 is 2.53 bits per heavy atom. The summed E-state index contributed by atoms with van der Waals surface area (Å²) in [5.41, 5.74) is -0.191. The average molecular weight is 424 g/mol. The van der Waals surface area contributed by atoms with E-state index in [4.69, 9.17) is 4.74 Å². The molecule has 2 aromatic heterocycles. The number of hydrogen-bond donors (Lipinski definition) is 1. The Bertz CT molecular complexity index is 895. The van der Waals surface area contributed by atoms with Gasteiger partial charge in [-0.05, 0) is 56.0 Å². The molecule has 160 valence electrons. The van der Waals surface area contributed by atoms with Gasteiger partial charge in [0.25, 0.3) is 0 Å². The number of hydrogen-bond acceptors (Lipinski definition) is 5. The van der Waals surface area contributed by atoms with Gasteiger partial charge < -0.3 is 10.1 Å². The number of carbonyl (C=O) groups excluding carboxylic acids is 1. The molecule has 1 spiro atoms. The largest absolute Gasteiger partial charge is 0.437 e. The van der Waals surface area contributed by atoms with Gasteiger partial charge in [0.15, 0.2) is 0 Å². The van der Waals surface area contributed by atoms with Crippen LogP contribution in [0, 0.1) is 17.2 Å². The molecule has 2 fully saturated rings. The van der Waals surface area contributed by atoms with E-state index < -0.39 is 18.5 Å². The lowest BCUT2D eigenvalue weighted by molar-refractivity contribution is -0.149. The van der Waals surface area contributed by atoms with Crippen LogP contribution in [-0.2, 0) is 4.79 Å². The van der Waals surface area contributed by atoms with E-state index in [0.29, 0.717) is 43.9 Å². The van der Waals surface area contributed by atoms with Crippen LogP contribution < -0.4 is 10.1 Å². The molecule has 6 nitrogen and oxygen atoms in total. The Labute approximate surface area is 170 Å². The van der Waals surface area contributed by atoms with Crippen molar-refractivity contribution in [2.24, 2.45) is 11.3 Å². The van der Waals surface area contributed by atoms with Gasteiger partial charge >= 0.3 is 6.18 Å². The van der Waals surface area contributed by atoms with Crippen LogP contribution >= 0.6 is 0 Å². The molecule has 10 heteroatoms. The van der Waals surface area contributed by atoms with Crippen LogP contribution in [0.1, 0.15) is 19.3 Å². The van der Waals surface area contributed by atoms with E-state index in [0.717, 1.165) is 6.20 Å². The standard InChI is InChI=1S/C20H20F4N4O2/c21-13-1-4-17(26-10-13)30-14-2-3-16(25-11-14)27-18(29)15-9-19(15)5-7-28(8-6-19)12-20(22,23)24/h1-4,10-11,15H,5-9,12H2,(H,25,27,29). The van der Waals surface area contributed by atoms with Crippen LogP contribution in [0.25, 0.3) is 0 Å². The molecule has 1 N–H and O–H groups in total. The second-order valence-corrected chi connectivity index (χ2v) is 7.80. The van der Waals surface area contributed by atoms with Crippen molar-refractivity contribution < 1.29 is 27.1 Å². The third-order valence-electron chi connectivity index (χ3n) is 5.67. The Balaban J connectivity index is 1.27. The van der Waals surface area contributed by atoms with Crippen molar-refractivity contribution in [3.05, 3.63) is 42.5 Å². The van der Waals surface area contributed by atoms with Crippen LogP contribution in [0.4, 0.5) is 23.4 Å². The molecule has 1 atom stereocenters. The number of anilines is 1. The Hall–Kier alpha value is -2.75. The smallest absolute Gasteiger partial charge is 0.401 e. The van der Waals surface area contributed by atoms with E-state index in [9.17, 15) is 22.4 Å². The molecule has 1 unspecified atom stereocenters. The van der Waals surface area contributed by atoms with Crippen molar-refractivity contribution in [2.45, 2.75) is 25.4 Å². The number of halogens is 4. The summed E-state index contributed by atoms with van der Waals surface area (Å²) in [5, 5.41) is 2.76. The SMILES string of the molecule is O=C(Nc1ccc(Oc2ccc(F)cn2)cn1)C1CC12CCN(CC(F)(F)F)CC2. The number of carbonyl (C=O) groups is 1. The molecule has 3 heterocycles. The number of nitrogens with zero attached hydrogens (tertiary/aromatic N) is 3. The zero-order valence-corrected chi connectivity index (χ0v) is 16.0. The minimum atomic E-state index is -4.20. The van der Waals surface area contributed by atoms with E-state index in [1.165, 1.54) is 23.2 Å². The van der Waals surface area contributed by atoms with E-state index in [1.54, 1.807) is 12.1 Å². The summed E-state index contributed by atoms with van der Waals surface area (Å²) in [4.78, 5) is 21.9. The van der Waals surface area contributed by atoms with Gasteiger partial charge in [-0.25, -0.2) is 14.4 Å². The fourth-order valence-electron chi connectivity index (χ4n) is 3.95. The van der Waals surface area contributed by atoms with Gasteiger partial charge in [0.2, 0.25) is 11.8 Å². The maximum absolute atomic E-state index is 12.9. The van der Waals surface area contributed by atoms with Gasteiger partial charge in [-0.2, -0.15) is 13.2 Å². The average Bonchev–Trinajstić information content (AvgIpc) is 3.40. The highest BCUT2D eigenvalue weighted by Crippen LogP contribution is 2.59. The summed E-state index contributed by atoms with van der Waals surface area (Å²) >= 11 is 0. The minimum absolute atomic E-state index is 0.166. The summed E-state index contributed by atoms with van der Waals surface area (Å²) < 4.78 is 55.9. The number of ether oxygens (including phenoxy) is 1. The Kier molecular flexibility index (Phi) is 5.35. The van der Waals surface area contributed by atoms with Crippen molar-refractivity contribution in [3.63, 3.8) is 0 Å². The maximum Gasteiger partial charge on any atom is 0.401 e. The molecule has 0 bridgehead atoms. The predicted molar refractivity (Wildman–Crippen MR) is 99.4 cm³/mol. The van der Waals surface area contributed by atoms with Crippen molar-refractivity contribution in [2.75, 3.05) is 25.0 Å². The summed E-state index contributed by atoms with van der Waals surface area (Å²) in [6.45, 7) is -0.193. The first-order chi connectivity index (χ1) is 14.2. The van der Waals surface area contributed by atoms with Crippen molar-refractivity contribution in [3.8, 4) is 11.6 Å². The lowest BCUT2D eigenvalue weighted by Crippen LogP contribution is -2.41. The van der Waals surface area contributed by atoms with Gasteiger partial charge in [0, 0.05) is 12.0 Å². The van der Waals surface area contributed by atoms with Crippen LogP contribution in [0.15, 0.2) is 36.7 Å². The second kappa shape index (κ2) is 7.82. The Morgan fingerprint density at radius 1 is 1.17 bits per heavy atom. The van der Waals surface area contributed by atoms with E-state index in [-0.39, 0.29) is 23.1 Å². The number of alkyl halides is 3. The fraction of sp³-hybridized carbons (Fsp3) is 0.450. The molecule has 1 aliphatic carbocycles. The first-order valence-corrected chi connectivity index (χ1v) is 9.58. The van der Waals surface area contributed by atoms with Gasteiger partial charge in [-0.3, -0.25) is 9.69 Å². The van der Waals surface area contributed by atoms with Crippen molar-refractivity contribution in [1.82, 2.24) is 14.9 Å². The van der Waals surface area contributed by atoms with E-state index >= 15 is 0 Å². The number of pyridine rings is 2. The van der Waals surface area contributed by atoms with Gasteiger partial charge in [-0.1, -0.05) is 0 Å². The molecule has 2 aliphatic rings. The topological polar surface area (TPSA) is 67.3 Å². The van der Waals surface area contributed by atoms with Crippen LogP contribution in [-0.4, -0.2) is 46.6 Å². The highest BCUT2D eigenvalue weighted by molar-refractivity contribution is 5.94. The summed E-state index contributed by atoms with van der Waals surface area (Å²) in [7, 11) is 0. The summed E-state index contributed by atoms with van der Waals surface area (Å²) in [6, 6.07) is 5.80. The molecular formula is C20H20F4N4O2. The van der Waals surface area contributed by atoms with Crippen LogP contribution in [0.2, 0.25) is 0 Å². The number of rotatable bonds is 5. The molecule has 4 rings (SSSR count). The summed E-state index contributed by atoms with van der Waals surface area (Å²) in [5.74, 6) is 0.115. The Morgan fingerprint density at radius 2 is 1.93 bits per heavy atom. The zero-order valence-electron chi connectivity index (χ0n) is 16.0. The number of amides is 1. The maximum atomic E-state index is 12.9. The van der Waals surface area contributed by atoms with E-state index in [1.807, 2.05) is 0 Å². The predicted octanol–water partition coefficient (Wildman–Crippen LogP) is 4.01.